The van der Waals surface area contributed by atoms with E-state index < -0.39 is 10.0 Å². The molecule has 0 atom stereocenters. The number of phenols is 1. The summed E-state index contributed by atoms with van der Waals surface area (Å²) in [7, 11) is -3.75. The van der Waals surface area contributed by atoms with Crippen LogP contribution in [0.5, 0.6) is 5.75 Å². The molecule has 0 heterocycles. The first kappa shape index (κ1) is 15.4. The van der Waals surface area contributed by atoms with E-state index in [1.165, 1.54) is 24.3 Å². The molecule has 20 heavy (non-hydrogen) atoms. The van der Waals surface area contributed by atoms with E-state index in [4.69, 9.17) is 23.2 Å². The van der Waals surface area contributed by atoms with Crippen LogP contribution in [0.4, 0.5) is 5.69 Å². The van der Waals surface area contributed by atoms with Crippen LogP contribution in [-0.4, -0.2) is 13.5 Å². The average Bonchev–Trinajstić information content (AvgIpc) is 2.36. The predicted octanol–water partition coefficient (Wildman–Crippen LogP) is 4.26. The smallest absolute Gasteiger partial charge is 0.261 e. The molecule has 0 aliphatic carbocycles. The fraction of sp³-hybridized carbons (Fsp3) is 0. The predicted molar refractivity (Wildman–Crippen MR) is 83.1 cm³/mol. The monoisotopic (exact) mass is 395 g/mol. The highest BCUT2D eigenvalue weighted by atomic mass is 79.9. The third-order valence-corrected chi connectivity index (χ3v) is 4.90. The lowest BCUT2D eigenvalue weighted by molar-refractivity contribution is 0.476. The molecule has 0 aromatic heterocycles. The number of sulfonamides is 1. The van der Waals surface area contributed by atoms with Crippen LogP contribution in [0.25, 0.3) is 0 Å². The van der Waals surface area contributed by atoms with E-state index in [1.807, 2.05) is 0 Å². The van der Waals surface area contributed by atoms with Crippen molar-refractivity contribution in [3.05, 3.63) is 50.9 Å². The molecule has 0 radical (unpaired) electrons. The van der Waals surface area contributed by atoms with Crippen molar-refractivity contribution in [2.24, 2.45) is 0 Å². The van der Waals surface area contributed by atoms with Gasteiger partial charge in [0.1, 0.15) is 0 Å². The van der Waals surface area contributed by atoms with Gasteiger partial charge in [0.25, 0.3) is 10.0 Å². The molecule has 0 unspecified atom stereocenters. The second-order valence-corrected chi connectivity index (χ2v) is 7.26. The van der Waals surface area contributed by atoms with Crippen LogP contribution >= 0.6 is 39.1 Å². The normalized spacial score (nSPS) is 11.3. The third-order valence-electron chi connectivity index (χ3n) is 2.39. The SMILES string of the molecule is O=S(=O)(Nc1cc(Cl)c(O)c(Cl)c1)c1ccc(Br)cc1. The van der Waals surface area contributed by atoms with Crippen LogP contribution in [0.15, 0.2) is 45.8 Å². The summed E-state index contributed by atoms with van der Waals surface area (Å²) in [5, 5.41) is 9.36. The van der Waals surface area contributed by atoms with Gasteiger partial charge in [0.2, 0.25) is 0 Å². The number of anilines is 1. The molecular formula is C12H8BrCl2NO3S. The first-order valence-electron chi connectivity index (χ1n) is 5.26. The summed E-state index contributed by atoms with van der Waals surface area (Å²) in [6.07, 6.45) is 0. The van der Waals surface area contributed by atoms with Crippen LogP contribution < -0.4 is 4.72 Å². The Labute approximate surface area is 134 Å². The zero-order valence-corrected chi connectivity index (χ0v) is 13.7. The Morgan fingerprint density at radius 3 is 2.05 bits per heavy atom. The molecule has 0 saturated carbocycles. The minimum Gasteiger partial charge on any atom is -0.505 e. The summed E-state index contributed by atoms with van der Waals surface area (Å²) < 4.78 is 27.4. The summed E-state index contributed by atoms with van der Waals surface area (Å²) in [5.41, 5.74) is 0.167. The second-order valence-electron chi connectivity index (χ2n) is 3.85. The topological polar surface area (TPSA) is 66.4 Å². The largest absolute Gasteiger partial charge is 0.505 e. The van der Waals surface area contributed by atoms with E-state index in [-0.39, 0.29) is 26.4 Å². The molecule has 4 nitrogen and oxygen atoms in total. The number of benzene rings is 2. The molecular weight excluding hydrogens is 389 g/mol. The number of phenolic OH excluding ortho intramolecular Hbond substituents is 1. The summed E-state index contributed by atoms with van der Waals surface area (Å²) in [5.74, 6) is -0.292. The van der Waals surface area contributed by atoms with Crippen molar-refractivity contribution >= 4 is 54.8 Å². The van der Waals surface area contributed by atoms with Crippen molar-refractivity contribution in [3.63, 3.8) is 0 Å². The highest BCUT2D eigenvalue weighted by molar-refractivity contribution is 9.10. The van der Waals surface area contributed by atoms with Crippen molar-refractivity contribution in [1.82, 2.24) is 0 Å². The summed E-state index contributed by atoms with van der Waals surface area (Å²) in [6, 6.07) is 8.70. The summed E-state index contributed by atoms with van der Waals surface area (Å²) >= 11 is 14.7. The molecule has 2 aromatic carbocycles. The number of aromatic hydroxyl groups is 1. The van der Waals surface area contributed by atoms with Crippen molar-refractivity contribution < 1.29 is 13.5 Å². The van der Waals surface area contributed by atoms with Gasteiger partial charge >= 0.3 is 0 Å². The Kier molecular flexibility index (Phi) is 4.49. The van der Waals surface area contributed by atoms with E-state index >= 15 is 0 Å². The summed E-state index contributed by atoms with van der Waals surface area (Å²) in [4.78, 5) is 0.0982. The van der Waals surface area contributed by atoms with E-state index in [0.717, 1.165) is 4.47 Å². The Morgan fingerprint density at radius 2 is 1.55 bits per heavy atom. The Bertz CT molecular complexity index is 725. The van der Waals surface area contributed by atoms with Crippen molar-refractivity contribution in [3.8, 4) is 5.75 Å². The quantitative estimate of drug-likeness (QED) is 0.761. The maximum Gasteiger partial charge on any atom is 0.261 e. The van der Waals surface area contributed by atoms with Gasteiger partial charge in [0.05, 0.1) is 20.6 Å². The maximum absolute atomic E-state index is 12.1. The minimum absolute atomic E-state index is 0.0361. The molecule has 0 bridgehead atoms. The van der Waals surface area contributed by atoms with Gasteiger partial charge in [-0.15, -0.1) is 0 Å². The lowest BCUT2D eigenvalue weighted by Gasteiger charge is -2.10. The third kappa shape index (κ3) is 3.38. The molecule has 0 aliphatic rings. The van der Waals surface area contributed by atoms with Gasteiger partial charge in [-0.25, -0.2) is 8.42 Å². The molecule has 0 saturated heterocycles. The van der Waals surface area contributed by atoms with E-state index in [9.17, 15) is 13.5 Å². The molecule has 0 amide bonds. The number of rotatable bonds is 3. The average molecular weight is 397 g/mol. The van der Waals surface area contributed by atoms with Gasteiger partial charge in [-0.3, -0.25) is 4.72 Å². The first-order valence-corrected chi connectivity index (χ1v) is 8.29. The van der Waals surface area contributed by atoms with Crippen LogP contribution in [0.1, 0.15) is 0 Å². The Hall–Kier alpha value is -0.950. The summed E-state index contributed by atoms with van der Waals surface area (Å²) in [6.45, 7) is 0. The highest BCUT2D eigenvalue weighted by Crippen LogP contribution is 2.35. The number of hydrogen-bond donors (Lipinski definition) is 2. The molecule has 0 aliphatic heterocycles. The minimum atomic E-state index is -3.75. The Morgan fingerprint density at radius 1 is 1.05 bits per heavy atom. The van der Waals surface area contributed by atoms with Crippen molar-refractivity contribution in [2.45, 2.75) is 4.90 Å². The lowest BCUT2D eigenvalue weighted by atomic mass is 10.3. The molecule has 106 valence electrons. The van der Waals surface area contributed by atoms with Gasteiger partial charge in [-0.2, -0.15) is 0 Å². The van der Waals surface area contributed by atoms with Gasteiger partial charge in [0, 0.05) is 4.47 Å². The van der Waals surface area contributed by atoms with E-state index in [0.29, 0.717) is 0 Å². The maximum atomic E-state index is 12.1. The van der Waals surface area contributed by atoms with Crippen LogP contribution in [-0.2, 0) is 10.0 Å². The van der Waals surface area contributed by atoms with E-state index in [1.54, 1.807) is 12.1 Å². The molecule has 2 rings (SSSR count). The van der Waals surface area contributed by atoms with Crippen LogP contribution in [0.3, 0.4) is 0 Å². The molecule has 8 heteroatoms. The number of halogens is 3. The van der Waals surface area contributed by atoms with Crippen LogP contribution in [0.2, 0.25) is 10.0 Å². The van der Waals surface area contributed by atoms with Crippen molar-refractivity contribution in [1.29, 1.82) is 0 Å². The molecule has 0 fully saturated rings. The molecule has 0 spiro atoms. The lowest BCUT2D eigenvalue weighted by Crippen LogP contribution is -2.12. The van der Waals surface area contributed by atoms with E-state index in [2.05, 4.69) is 20.7 Å². The molecule has 2 N–H and O–H groups in total. The van der Waals surface area contributed by atoms with Crippen molar-refractivity contribution in [2.75, 3.05) is 4.72 Å². The fourth-order valence-corrected chi connectivity index (χ4v) is 3.24. The van der Waals surface area contributed by atoms with Gasteiger partial charge < -0.3 is 5.11 Å². The molecule has 2 aromatic rings. The second kappa shape index (κ2) is 5.81. The number of hydrogen-bond acceptors (Lipinski definition) is 3. The van der Waals surface area contributed by atoms with Gasteiger partial charge in [0.15, 0.2) is 5.75 Å². The first-order chi connectivity index (χ1) is 9.29. The fourth-order valence-electron chi connectivity index (χ4n) is 1.45. The standard InChI is InChI=1S/C12H8BrCl2NO3S/c13-7-1-3-9(4-2-7)20(18,19)16-8-5-10(14)12(17)11(15)6-8/h1-6,16-17H. The van der Waals surface area contributed by atoms with Gasteiger partial charge in [-0.05, 0) is 36.4 Å². The number of nitrogens with one attached hydrogen (secondary N) is 1. The zero-order valence-electron chi connectivity index (χ0n) is 9.77. The zero-order chi connectivity index (χ0) is 14.9. The van der Waals surface area contributed by atoms with Crippen LogP contribution in [0, 0.1) is 0 Å². The highest BCUT2D eigenvalue weighted by Gasteiger charge is 2.16. The van der Waals surface area contributed by atoms with Gasteiger partial charge in [-0.1, -0.05) is 39.1 Å². The Balaban J connectivity index is 2.36.